The van der Waals surface area contributed by atoms with Crippen LogP contribution in [0.2, 0.25) is 5.15 Å². The van der Waals surface area contributed by atoms with Crippen LogP contribution in [0.3, 0.4) is 0 Å². The molecule has 1 aromatic heterocycles. The maximum absolute atomic E-state index is 13.2. The van der Waals surface area contributed by atoms with Gasteiger partial charge in [-0.2, -0.15) is 0 Å². The fourth-order valence-electron chi connectivity index (χ4n) is 1.41. The number of methoxy groups -OCH3 is 1. The van der Waals surface area contributed by atoms with Crippen LogP contribution in [0.5, 0.6) is 5.75 Å². The van der Waals surface area contributed by atoms with Crippen molar-refractivity contribution in [1.82, 2.24) is 9.97 Å². The number of nitrogens with zero attached hydrogens (tertiary/aromatic N) is 2. The minimum atomic E-state index is -0.374. The molecule has 0 aliphatic rings. The Bertz CT molecular complexity index is 560. The fourth-order valence-corrected chi connectivity index (χ4v) is 1.53. The first-order valence-electron chi connectivity index (χ1n) is 4.95. The fraction of sp³-hybridized carbons (Fsp3) is 0.167. The lowest BCUT2D eigenvalue weighted by atomic mass is 10.2. The van der Waals surface area contributed by atoms with Crippen LogP contribution in [0.15, 0.2) is 24.4 Å². The minimum Gasteiger partial charge on any atom is -0.496 e. The van der Waals surface area contributed by atoms with Crippen LogP contribution in [0, 0.1) is 12.7 Å². The Morgan fingerprint density at radius 2 is 2.12 bits per heavy atom. The minimum absolute atomic E-state index is 0.344. The molecule has 5 heteroatoms. The molecule has 0 N–H and O–H groups in total. The van der Waals surface area contributed by atoms with Crippen molar-refractivity contribution in [2.24, 2.45) is 0 Å². The van der Waals surface area contributed by atoms with Crippen molar-refractivity contribution >= 4 is 11.6 Å². The molecule has 0 saturated heterocycles. The van der Waals surface area contributed by atoms with E-state index in [2.05, 4.69) is 9.97 Å². The van der Waals surface area contributed by atoms with Gasteiger partial charge in [-0.25, -0.2) is 14.4 Å². The van der Waals surface area contributed by atoms with Gasteiger partial charge in [-0.1, -0.05) is 11.6 Å². The summed E-state index contributed by atoms with van der Waals surface area (Å²) in [5, 5.41) is 0.348. The van der Waals surface area contributed by atoms with Gasteiger partial charge in [-0.3, -0.25) is 0 Å². The second-order valence-electron chi connectivity index (χ2n) is 3.51. The van der Waals surface area contributed by atoms with Gasteiger partial charge in [0, 0.05) is 11.8 Å². The third kappa shape index (κ3) is 2.36. The van der Waals surface area contributed by atoms with Crippen molar-refractivity contribution in [2.45, 2.75) is 6.92 Å². The largest absolute Gasteiger partial charge is 0.496 e. The number of halogens is 2. The van der Waals surface area contributed by atoms with E-state index in [1.807, 2.05) is 0 Å². The smallest absolute Gasteiger partial charge is 0.164 e. The Balaban J connectivity index is 2.58. The summed E-state index contributed by atoms with van der Waals surface area (Å²) in [5.41, 5.74) is 1.25. The Hall–Kier alpha value is -1.68. The highest BCUT2D eigenvalue weighted by Crippen LogP contribution is 2.29. The summed E-state index contributed by atoms with van der Waals surface area (Å²) in [5.74, 6) is 0.476. The number of aromatic nitrogens is 2. The average molecular weight is 253 g/mol. The first kappa shape index (κ1) is 11.8. The zero-order chi connectivity index (χ0) is 12.4. The molecule has 1 aromatic carbocycles. The molecule has 0 bridgehead atoms. The van der Waals surface area contributed by atoms with E-state index in [4.69, 9.17) is 16.3 Å². The van der Waals surface area contributed by atoms with Gasteiger partial charge in [-0.15, -0.1) is 0 Å². The third-order valence-electron chi connectivity index (χ3n) is 2.31. The van der Waals surface area contributed by atoms with Gasteiger partial charge in [0.25, 0.3) is 0 Å². The third-order valence-corrected chi connectivity index (χ3v) is 2.69. The SMILES string of the molecule is COc1ccc(F)cc1-c1ncc(C)c(Cl)n1. The van der Waals surface area contributed by atoms with E-state index in [1.54, 1.807) is 13.1 Å². The predicted molar refractivity (Wildman–Crippen MR) is 63.7 cm³/mol. The molecular formula is C12H10ClFN2O. The molecule has 0 unspecified atom stereocenters. The molecule has 0 atom stereocenters. The van der Waals surface area contributed by atoms with E-state index < -0.39 is 0 Å². The number of hydrogen-bond donors (Lipinski definition) is 0. The molecule has 0 aliphatic heterocycles. The number of benzene rings is 1. The summed E-state index contributed by atoms with van der Waals surface area (Å²) >= 11 is 5.91. The zero-order valence-electron chi connectivity index (χ0n) is 9.37. The lowest BCUT2D eigenvalue weighted by Gasteiger charge is -2.08. The average Bonchev–Trinajstić information content (AvgIpc) is 2.32. The number of hydrogen-bond acceptors (Lipinski definition) is 3. The number of aryl methyl sites for hydroxylation is 1. The summed E-state index contributed by atoms with van der Waals surface area (Å²) in [6.45, 7) is 1.80. The molecule has 0 spiro atoms. The van der Waals surface area contributed by atoms with Gasteiger partial charge in [0.1, 0.15) is 16.7 Å². The van der Waals surface area contributed by atoms with E-state index in [0.717, 1.165) is 5.56 Å². The Morgan fingerprint density at radius 3 is 2.76 bits per heavy atom. The summed E-state index contributed by atoms with van der Waals surface area (Å²) in [6, 6.07) is 4.17. The van der Waals surface area contributed by atoms with Gasteiger partial charge >= 0.3 is 0 Å². The standard InChI is InChI=1S/C12H10ClFN2O/c1-7-6-15-12(16-11(7)13)9-5-8(14)3-4-10(9)17-2/h3-6H,1-2H3. The lowest BCUT2D eigenvalue weighted by molar-refractivity contribution is 0.415. The number of rotatable bonds is 2. The number of ether oxygens (including phenoxy) is 1. The molecule has 1 heterocycles. The highest BCUT2D eigenvalue weighted by Gasteiger charge is 2.11. The maximum Gasteiger partial charge on any atom is 0.164 e. The van der Waals surface area contributed by atoms with Crippen molar-refractivity contribution in [2.75, 3.05) is 7.11 Å². The first-order valence-corrected chi connectivity index (χ1v) is 5.32. The second-order valence-corrected chi connectivity index (χ2v) is 3.87. The Morgan fingerprint density at radius 1 is 1.35 bits per heavy atom. The first-order chi connectivity index (χ1) is 8.11. The van der Waals surface area contributed by atoms with Crippen LogP contribution >= 0.6 is 11.6 Å². The molecular weight excluding hydrogens is 243 g/mol. The molecule has 0 amide bonds. The molecule has 0 radical (unpaired) electrons. The predicted octanol–water partition coefficient (Wildman–Crippen LogP) is 3.25. The summed E-state index contributed by atoms with van der Waals surface area (Å²) in [4.78, 5) is 8.22. The van der Waals surface area contributed by atoms with Gasteiger partial charge in [-0.05, 0) is 25.1 Å². The molecule has 0 fully saturated rings. The molecule has 2 rings (SSSR count). The molecule has 0 saturated carbocycles. The van der Waals surface area contributed by atoms with Crippen molar-refractivity contribution in [3.8, 4) is 17.1 Å². The van der Waals surface area contributed by atoms with Crippen LogP contribution in [0.25, 0.3) is 11.4 Å². The molecule has 3 nitrogen and oxygen atoms in total. The van der Waals surface area contributed by atoms with Gasteiger partial charge in [0.15, 0.2) is 5.82 Å². The van der Waals surface area contributed by atoms with Gasteiger partial charge < -0.3 is 4.74 Å². The molecule has 0 aliphatic carbocycles. The van der Waals surface area contributed by atoms with Crippen LogP contribution in [0.4, 0.5) is 4.39 Å². The van der Waals surface area contributed by atoms with Crippen LogP contribution < -0.4 is 4.74 Å². The Labute approximate surface area is 103 Å². The monoisotopic (exact) mass is 252 g/mol. The van der Waals surface area contributed by atoms with E-state index >= 15 is 0 Å². The molecule has 2 aromatic rings. The maximum atomic E-state index is 13.2. The molecule has 17 heavy (non-hydrogen) atoms. The van der Waals surface area contributed by atoms with Crippen molar-refractivity contribution in [3.63, 3.8) is 0 Å². The van der Waals surface area contributed by atoms with Crippen LogP contribution in [0.1, 0.15) is 5.56 Å². The van der Waals surface area contributed by atoms with Crippen molar-refractivity contribution in [3.05, 3.63) is 40.9 Å². The summed E-state index contributed by atoms with van der Waals surface area (Å²) in [6.07, 6.45) is 1.59. The highest BCUT2D eigenvalue weighted by atomic mass is 35.5. The quantitative estimate of drug-likeness (QED) is 0.770. The highest BCUT2D eigenvalue weighted by molar-refractivity contribution is 6.30. The van der Waals surface area contributed by atoms with Gasteiger partial charge in [0.2, 0.25) is 0 Å². The van der Waals surface area contributed by atoms with Gasteiger partial charge in [0.05, 0.1) is 12.7 Å². The van der Waals surface area contributed by atoms with Crippen molar-refractivity contribution in [1.29, 1.82) is 0 Å². The summed E-state index contributed by atoms with van der Waals surface area (Å²) < 4.78 is 18.3. The van der Waals surface area contributed by atoms with Crippen LogP contribution in [-0.2, 0) is 0 Å². The van der Waals surface area contributed by atoms with Crippen molar-refractivity contribution < 1.29 is 9.13 Å². The topological polar surface area (TPSA) is 35.0 Å². The lowest BCUT2D eigenvalue weighted by Crippen LogP contribution is -1.95. The van der Waals surface area contributed by atoms with E-state index in [-0.39, 0.29) is 5.82 Å². The van der Waals surface area contributed by atoms with Crippen LogP contribution in [-0.4, -0.2) is 17.1 Å². The second kappa shape index (κ2) is 4.67. The van der Waals surface area contributed by atoms with E-state index in [1.165, 1.54) is 25.3 Å². The summed E-state index contributed by atoms with van der Waals surface area (Å²) in [7, 11) is 1.51. The molecule has 88 valence electrons. The normalized spacial score (nSPS) is 10.4. The van der Waals surface area contributed by atoms with E-state index in [0.29, 0.717) is 22.3 Å². The zero-order valence-corrected chi connectivity index (χ0v) is 10.1. The Kier molecular flexibility index (Phi) is 3.24. The van der Waals surface area contributed by atoms with E-state index in [9.17, 15) is 4.39 Å².